The van der Waals surface area contributed by atoms with Crippen molar-refractivity contribution in [2.45, 2.75) is 56.3 Å². The number of amides is 1. The van der Waals surface area contributed by atoms with Crippen LogP contribution in [0.5, 0.6) is 0 Å². The molecule has 0 aromatic rings. The molecule has 4 nitrogen and oxygen atoms in total. The highest BCUT2D eigenvalue weighted by atomic mass is 16.5. The number of likely N-dealkylation sites (tertiary alicyclic amines) is 1. The standard InChI is InChI=1S/C14H22N2O2/c15-14(5-1-2-6-14)13(17)16-7-9-10(8-16)12-4-3-11(9)18-12/h9-12H,1-8,15H2. The Balaban J connectivity index is 1.50. The molecule has 2 N–H and O–H groups in total. The molecule has 0 aromatic carbocycles. The third-order valence-corrected chi connectivity index (χ3v) is 5.66. The molecule has 4 atom stereocenters. The van der Waals surface area contributed by atoms with Crippen molar-refractivity contribution in [3.05, 3.63) is 0 Å². The molecule has 1 saturated carbocycles. The fourth-order valence-electron chi connectivity index (χ4n) is 4.66. The maximum Gasteiger partial charge on any atom is 0.242 e. The highest BCUT2D eigenvalue weighted by molar-refractivity contribution is 5.86. The normalized spacial score (nSPS) is 44.6. The van der Waals surface area contributed by atoms with Crippen molar-refractivity contribution in [3.63, 3.8) is 0 Å². The Morgan fingerprint density at radius 2 is 1.67 bits per heavy atom. The highest BCUT2D eigenvalue weighted by Gasteiger charge is 2.55. The molecule has 4 rings (SSSR count). The Bertz CT molecular complexity index is 360. The second-order valence-corrected chi connectivity index (χ2v) is 6.69. The van der Waals surface area contributed by atoms with Crippen LogP contribution in [-0.4, -0.2) is 41.6 Å². The predicted molar refractivity (Wildman–Crippen MR) is 66.8 cm³/mol. The molecule has 3 heterocycles. The maximum absolute atomic E-state index is 12.6. The molecule has 0 spiro atoms. The van der Waals surface area contributed by atoms with E-state index in [-0.39, 0.29) is 5.91 Å². The summed E-state index contributed by atoms with van der Waals surface area (Å²) in [5.41, 5.74) is 5.75. The average molecular weight is 250 g/mol. The zero-order valence-electron chi connectivity index (χ0n) is 10.8. The number of carbonyl (C=O) groups excluding carboxylic acids is 1. The van der Waals surface area contributed by atoms with Crippen molar-refractivity contribution in [1.82, 2.24) is 4.90 Å². The van der Waals surface area contributed by atoms with Gasteiger partial charge in [0.1, 0.15) is 0 Å². The lowest BCUT2D eigenvalue weighted by Gasteiger charge is -2.29. The number of nitrogens with zero attached hydrogens (tertiary/aromatic N) is 1. The van der Waals surface area contributed by atoms with Crippen LogP contribution in [0.2, 0.25) is 0 Å². The van der Waals surface area contributed by atoms with E-state index in [4.69, 9.17) is 10.5 Å². The second-order valence-electron chi connectivity index (χ2n) is 6.69. The van der Waals surface area contributed by atoms with E-state index >= 15 is 0 Å². The van der Waals surface area contributed by atoms with Gasteiger partial charge in [-0.05, 0) is 25.7 Å². The van der Waals surface area contributed by atoms with Gasteiger partial charge in [-0.25, -0.2) is 0 Å². The number of ether oxygens (including phenoxy) is 1. The first-order chi connectivity index (χ1) is 8.67. The summed E-state index contributed by atoms with van der Waals surface area (Å²) in [7, 11) is 0. The quantitative estimate of drug-likeness (QED) is 0.752. The predicted octanol–water partition coefficient (Wildman–Crippen LogP) is 0.894. The zero-order valence-corrected chi connectivity index (χ0v) is 10.8. The van der Waals surface area contributed by atoms with Crippen LogP contribution in [0.15, 0.2) is 0 Å². The molecule has 1 amide bonds. The van der Waals surface area contributed by atoms with E-state index in [9.17, 15) is 4.79 Å². The van der Waals surface area contributed by atoms with Crippen LogP contribution >= 0.6 is 0 Å². The van der Waals surface area contributed by atoms with Crippen LogP contribution in [0.3, 0.4) is 0 Å². The summed E-state index contributed by atoms with van der Waals surface area (Å²) >= 11 is 0. The third-order valence-electron chi connectivity index (χ3n) is 5.66. The fourth-order valence-corrected chi connectivity index (χ4v) is 4.66. The van der Waals surface area contributed by atoms with E-state index in [0.717, 1.165) is 38.8 Å². The van der Waals surface area contributed by atoms with Crippen LogP contribution in [0.25, 0.3) is 0 Å². The van der Waals surface area contributed by atoms with Gasteiger partial charge < -0.3 is 15.4 Å². The molecule has 100 valence electrons. The summed E-state index contributed by atoms with van der Waals surface area (Å²) in [6.07, 6.45) is 7.21. The maximum atomic E-state index is 12.6. The number of fused-ring (bicyclic) bond motifs is 5. The average Bonchev–Trinajstić information content (AvgIpc) is 3.09. The summed E-state index contributed by atoms with van der Waals surface area (Å²) in [4.78, 5) is 14.6. The Hall–Kier alpha value is -0.610. The van der Waals surface area contributed by atoms with Crippen LogP contribution in [-0.2, 0) is 9.53 Å². The lowest BCUT2D eigenvalue weighted by Crippen LogP contribution is -2.53. The van der Waals surface area contributed by atoms with Gasteiger partial charge in [-0.1, -0.05) is 12.8 Å². The Kier molecular flexibility index (Phi) is 2.31. The molecule has 1 aliphatic carbocycles. The highest BCUT2D eigenvalue weighted by Crippen LogP contribution is 2.47. The number of nitrogens with two attached hydrogens (primary N) is 1. The van der Waals surface area contributed by atoms with Gasteiger partial charge in [0.25, 0.3) is 0 Å². The molecule has 3 aliphatic heterocycles. The summed E-state index contributed by atoms with van der Waals surface area (Å²) in [6.45, 7) is 1.78. The van der Waals surface area contributed by atoms with E-state index in [2.05, 4.69) is 4.90 Å². The minimum atomic E-state index is -0.543. The molecule has 4 heteroatoms. The van der Waals surface area contributed by atoms with Gasteiger partial charge in [0.2, 0.25) is 5.91 Å². The molecule has 3 saturated heterocycles. The molecule has 4 unspecified atom stereocenters. The number of rotatable bonds is 1. The van der Waals surface area contributed by atoms with Crippen molar-refractivity contribution in [2.75, 3.05) is 13.1 Å². The van der Waals surface area contributed by atoms with Crippen LogP contribution in [0.1, 0.15) is 38.5 Å². The van der Waals surface area contributed by atoms with Gasteiger partial charge in [0.05, 0.1) is 17.7 Å². The summed E-state index contributed by atoms with van der Waals surface area (Å²) in [5, 5.41) is 0. The van der Waals surface area contributed by atoms with Crippen molar-refractivity contribution >= 4 is 5.91 Å². The minimum absolute atomic E-state index is 0.216. The van der Waals surface area contributed by atoms with Gasteiger partial charge in [-0.2, -0.15) is 0 Å². The smallest absolute Gasteiger partial charge is 0.242 e. The number of carbonyl (C=O) groups is 1. The molecule has 18 heavy (non-hydrogen) atoms. The zero-order chi connectivity index (χ0) is 12.3. The topological polar surface area (TPSA) is 55.6 Å². The lowest BCUT2D eigenvalue weighted by atomic mass is 9.82. The summed E-state index contributed by atoms with van der Waals surface area (Å²) < 4.78 is 5.95. The van der Waals surface area contributed by atoms with E-state index in [1.807, 2.05) is 0 Å². The van der Waals surface area contributed by atoms with Gasteiger partial charge in [0.15, 0.2) is 0 Å². The SMILES string of the molecule is NC1(C(=O)N2CC3C4CCC(O4)C3C2)CCCC1. The first kappa shape index (κ1) is 11.2. The number of hydrogen-bond donors (Lipinski definition) is 1. The summed E-state index contributed by atoms with van der Waals surface area (Å²) in [5.74, 6) is 1.41. The summed E-state index contributed by atoms with van der Waals surface area (Å²) in [6, 6.07) is 0. The van der Waals surface area contributed by atoms with E-state index in [1.165, 1.54) is 12.8 Å². The van der Waals surface area contributed by atoms with Gasteiger partial charge in [-0.15, -0.1) is 0 Å². The molecule has 2 bridgehead atoms. The molecular weight excluding hydrogens is 228 g/mol. The third kappa shape index (κ3) is 1.42. The van der Waals surface area contributed by atoms with E-state index < -0.39 is 5.54 Å². The minimum Gasteiger partial charge on any atom is -0.374 e. The van der Waals surface area contributed by atoms with Crippen molar-refractivity contribution in [1.29, 1.82) is 0 Å². The second kappa shape index (κ2) is 3.70. The molecule has 0 aromatic heterocycles. The van der Waals surface area contributed by atoms with Gasteiger partial charge in [-0.3, -0.25) is 4.79 Å². The van der Waals surface area contributed by atoms with E-state index in [0.29, 0.717) is 24.0 Å². The first-order valence-corrected chi connectivity index (χ1v) is 7.41. The van der Waals surface area contributed by atoms with Gasteiger partial charge >= 0.3 is 0 Å². The van der Waals surface area contributed by atoms with Crippen LogP contribution < -0.4 is 5.73 Å². The largest absolute Gasteiger partial charge is 0.374 e. The van der Waals surface area contributed by atoms with Crippen LogP contribution in [0, 0.1) is 11.8 Å². The van der Waals surface area contributed by atoms with Gasteiger partial charge in [0, 0.05) is 24.9 Å². The van der Waals surface area contributed by atoms with E-state index in [1.54, 1.807) is 0 Å². The van der Waals surface area contributed by atoms with Crippen LogP contribution in [0.4, 0.5) is 0 Å². The van der Waals surface area contributed by atoms with Crippen molar-refractivity contribution in [2.24, 2.45) is 17.6 Å². The first-order valence-electron chi connectivity index (χ1n) is 7.41. The molecule has 0 radical (unpaired) electrons. The lowest BCUT2D eigenvalue weighted by molar-refractivity contribution is -0.136. The molecule has 4 fully saturated rings. The molecule has 4 aliphatic rings. The monoisotopic (exact) mass is 250 g/mol. The van der Waals surface area contributed by atoms with Crippen molar-refractivity contribution in [3.8, 4) is 0 Å². The number of hydrogen-bond acceptors (Lipinski definition) is 3. The molecular formula is C14H22N2O2. The Labute approximate surface area is 108 Å². The Morgan fingerprint density at radius 1 is 1.11 bits per heavy atom. The Morgan fingerprint density at radius 3 is 2.22 bits per heavy atom. The van der Waals surface area contributed by atoms with Crippen molar-refractivity contribution < 1.29 is 9.53 Å². The fraction of sp³-hybridized carbons (Fsp3) is 0.929.